The van der Waals surface area contributed by atoms with E-state index in [1.54, 1.807) is 0 Å². The molecule has 0 amide bonds. The zero-order valence-corrected chi connectivity index (χ0v) is 10.9. The molecule has 18 heavy (non-hydrogen) atoms. The molecule has 0 aliphatic heterocycles. The van der Waals surface area contributed by atoms with Gasteiger partial charge >= 0.3 is 17.2 Å². The Bertz CT molecular complexity index is 525. The van der Waals surface area contributed by atoms with Crippen LogP contribution in [0.4, 0.5) is 5.69 Å². The van der Waals surface area contributed by atoms with E-state index in [1.807, 2.05) is 0 Å². The van der Waals surface area contributed by atoms with E-state index < -0.39 is 22.1 Å². The Morgan fingerprint density at radius 2 is 2.17 bits per heavy atom. The zero-order chi connectivity index (χ0) is 13.7. The van der Waals surface area contributed by atoms with Gasteiger partial charge in [-0.3, -0.25) is 19.7 Å². The Hall–Kier alpha value is -1.70. The number of unbranched alkanes of at least 4 members (excludes halogenated alkanes) is 1. The molecular weight excluding hydrogens is 308 g/mol. The van der Waals surface area contributed by atoms with Crippen molar-refractivity contribution in [1.29, 1.82) is 0 Å². The molecule has 98 valence electrons. The van der Waals surface area contributed by atoms with Gasteiger partial charge in [-0.1, -0.05) is 0 Å². The van der Waals surface area contributed by atoms with Crippen molar-refractivity contribution in [2.45, 2.75) is 25.8 Å². The zero-order valence-electron chi connectivity index (χ0n) is 9.34. The summed E-state index contributed by atoms with van der Waals surface area (Å²) in [6.45, 7) is 0.256. The molecule has 0 spiro atoms. The fourth-order valence-corrected chi connectivity index (χ4v) is 1.90. The largest absolute Gasteiger partial charge is 0.481 e. The lowest BCUT2D eigenvalue weighted by atomic mass is 10.2. The minimum atomic E-state index is -0.900. The third-order valence-electron chi connectivity index (χ3n) is 2.27. The number of carboxylic acid groups (broad SMARTS) is 1. The van der Waals surface area contributed by atoms with Gasteiger partial charge in [-0.15, -0.1) is 0 Å². The molecule has 0 unspecified atom stereocenters. The number of nitro groups is 1. The van der Waals surface area contributed by atoms with Crippen molar-refractivity contribution >= 4 is 27.6 Å². The molecule has 0 aliphatic carbocycles. The van der Waals surface area contributed by atoms with E-state index in [9.17, 15) is 19.7 Å². The Labute approximate surface area is 110 Å². The normalized spacial score (nSPS) is 10.3. The number of carbonyl (C=O) groups is 1. The van der Waals surface area contributed by atoms with Crippen LogP contribution in [0.2, 0.25) is 0 Å². The lowest BCUT2D eigenvalue weighted by Gasteiger charge is -2.05. The van der Waals surface area contributed by atoms with Crippen LogP contribution in [0.3, 0.4) is 0 Å². The summed E-state index contributed by atoms with van der Waals surface area (Å²) in [5.41, 5.74) is -1.18. The monoisotopic (exact) mass is 318 g/mol. The number of aryl methyl sites for hydroxylation is 1. The summed E-state index contributed by atoms with van der Waals surface area (Å²) in [4.78, 5) is 31.9. The minimum Gasteiger partial charge on any atom is -0.481 e. The first-order chi connectivity index (χ1) is 8.41. The van der Waals surface area contributed by atoms with E-state index in [1.165, 1.54) is 10.8 Å². The van der Waals surface area contributed by atoms with E-state index in [4.69, 9.17) is 5.11 Å². The van der Waals surface area contributed by atoms with Crippen LogP contribution in [-0.2, 0) is 11.3 Å². The highest BCUT2D eigenvalue weighted by molar-refractivity contribution is 9.10. The molecule has 1 aromatic heterocycles. The molecule has 7 nitrogen and oxygen atoms in total. The van der Waals surface area contributed by atoms with Gasteiger partial charge < -0.3 is 9.67 Å². The van der Waals surface area contributed by atoms with Crippen LogP contribution in [0, 0.1) is 10.1 Å². The molecule has 0 aliphatic rings. The van der Waals surface area contributed by atoms with E-state index in [2.05, 4.69) is 15.9 Å². The first kappa shape index (κ1) is 14.4. The van der Waals surface area contributed by atoms with Gasteiger partial charge in [0.25, 0.3) is 0 Å². The highest BCUT2D eigenvalue weighted by Crippen LogP contribution is 2.14. The molecule has 0 atom stereocenters. The summed E-state index contributed by atoms with van der Waals surface area (Å²) < 4.78 is 1.65. The third-order valence-corrected chi connectivity index (χ3v) is 2.70. The van der Waals surface area contributed by atoms with Crippen LogP contribution in [0.25, 0.3) is 0 Å². The topological polar surface area (TPSA) is 102 Å². The molecule has 1 aromatic rings. The highest BCUT2D eigenvalue weighted by atomic mass is 79.9. The number of hydrogen-bond acceptors (Lipinski definition) is 4. The molecule has 8 heteroatoms. The van der Waals surface area contributed by atoms with Gasteiger partial charge in [0.1, 0.15) is 0 Å². The SMILES string of the molecule is O=C(O)CCCCn1cc(Br)cc([N+](=O)[O-])c1=O. The Balaban J connectivity index is 2.80. The van der Waals surface area contributed by atoms with Gasteiger partial charge in [0.15, 0.2) is 0 Å². The maximum absolute atomic E-state index is 11.7. The summed E-state index contributed by atoms with van der Waals surface area (Å²) in [6.07, 6.45) is 2.36. The molecule has 0 radical (unpaired) electrons. The Morgan fingerprint density at radius 3 is 2.72 bits per heavy atom. The second-order valence-corrected chi connectivity index (χ2v) is 4.57. The number of hydrogen-bond donors (Lipinski definition) is 1. The van der Waals surface area contributed by atoms with Crippen LogP contribution in [0.1, 0.15) is 19.3 Å². The maximum Gasteiger partial charge on any atom is 0.335 e. The molecule has 0 fully saturated rings. The summed E-state index contributed by atoms with van der Waals surface area (Å²) >= 11 is 3.09. The lowest BCUT2D eigenvalue weighted by Crippen LogP contribution is -2.22. The Kier molecular flexibility index (Phi) is 5.02. The number of halogens is 1. The predicted molar refractivity (Wildman–Crippen MR) is 66.5 cm³/mol. The number of aliphatic carboxylic acids is 1. The predicted octanol–water partition coefficient (Wildman–Crippen LogP) is 1.77. The number of carboxylic acids is 1. The van der Waals surface area contributed by atoms with Crippen LogP contribution in [0.5, 0.6) is 0 Å². The van der Waals surface area contributed by atoms with E-state index in [0.717, 1.165) is 6.07 Å². The van der Waals surface area contributed by atoms with Crippen molar-refractivity contribution in [3.63, 3.8) is 0 Å². The molecule has 0 aromatic carbocycles. The van der Waals surface area contributed by atoms with E-state index in [0.29, 0.717) is 17.3 Å². The molecule has 1 N–H and O–H groups in total. The lowest BCUT2D eigenvalue weighted by molar-refractivity contribution is -0.386. The summed E-state index contributed by atoms with van der Waals surface area (Å²) in [6, 6.07) is 1.15. The maximum atomic E-state index is 11.7. The van der Waals surface area contributed by atoms with Crippen LogP contribution < -0.4 is 5.56 Å². The van der Waals surface area contributed by atoms with Crippen molar-refractivity contribution in [2.75, 3.05) is 0 Å². The van der Waals surface area contributed by atoms with Crippen molar-refractivity contribution in [3.05, 3.63) is 37.2 Å². The fourth-order valence-electron chi connectivity index (χ4n) is 1.44. The molecular formula is C10H11BrN2O5. The van der Waals surface area contributed by atoms with Gasteiger partial charge in [0.2, 0.25) is 0 Å². The van der Waals surface area contributed by atoms with Crippen molar-refractivity contribution in [1.82, 2.24) is 4.57 Å². The fraction of sp³-hybridized carbons (Fsp3) is 0.400. The van der Waals surface area contributed by atoms with Gasteiger partial charge in [-0.25, -0.2) is 0 Å². The number of aromatic nitrogens is 1. The van der Waals surface area contributed by atoms with Gasteiger partial charge in [0, 0.05) is 29.7 Å². The van der Waals surface area contributed by atoms with Crippen molar-refractivity contribution in [3.8, 4) is 0 Å². The molecule has 1 rings (SSSR count). The summed E-state index contributed by atoms with van der Waals surface area (Å²) in [5.74, 6) is -0.900. The Morgan fingerprint density at radius 1 is 1.50 bits per heavy atom. The number of rotatable bonds is 6. The smallest absolute Gasteiger partial charge is 0.335 e. The highest BCUT2D eigenvalue weighted by Gasteiger charge is 2.15. The van der Waals surface area contributed by atoms with E-state index >= 15 is 0 Å². The standard InChI is InChI=1S/C10H11BrN2O5/c11-7-5-8(13(17)18)10(16)12(6-7)4-2-1-3-9(14)15/h5-6H,1-4H2,(H,14,15). The van der Waals surface area contributed by atoms with Crippen molar-refractivity contribution in [2.24, 2.45) is 0 Å². The third kappa shape index (κ3) is 3.95. The van der Waals surface area contributed by atoms with Gasteiger partial charge in [-0.2, -0.15) is 0 Å². The first-order valence-electron chi connectivity index (χ1n) is 5.18. The molecule has 0 saturated heterocycles. The molecule has 0 saturated carbocycles. The average Bonchev–Trinajstić information content (AvgIpc) is 2.27. The quantitative estimate of drug-likeness (QED) is 0.489. The molecule has 1 heterocycles. The van der Waals surface area contributed by atoms with Crippen LogP contribution in [0.15, 0.2) is 21.5 Å². The minimum absolute atomic E-state index is 0.0187. The van der Waals surface area contributed by atoms with Gasteiger partial charge in [-0.05, 0) is 28.8 Å². The van der Waals surface area contributed by atoms with Gasteiger partial charge in [0.05, 0.1) is 4.92 Å². The summed E-state index contributed by atoms with van der Waals surface area (Å²) in [5, 5.41) is 19.1. The second-order valence-electron chi connectivity index (χ2n) is 3.65. The average molecular weight is 319 g/mol. The van der Waals surface area contributed by atoms with Crippen LogP contribution in [-0.4, -0.2) is 20.6 Å². The second kappa shape index (κ2) is 6.29. The number of pyridine rings is 1. The molecule has 0 bridgehead atoms. The summed E-state index contributed by atoms with van der Waals surface area (Å²) in [7, 11) is 0. The van der Waals surface area contributed by atoms with Crippen LogP contribution >= 0.6 is 15.9 Å². The van der Waals surface area contributed by atoms with E-state index in [-0.39, 0.29) is 13.0 Å². The first-order valence-corrected chi connectivity index (χ1v) is 5.97. The number of nitrogens with zero attached hydrogens (tertiary/aromatic N) is 2. The van der Waals surface area contributed by atoms with Crippen molar-refractivity contribution < 1.29 is 14.8 Å².